The van der Waals surface area contributed by atoms with E-state index in [9.17, 15) is 14.0 Å². The summed E-state index contributed by atoms with van der Waals surface area (Å²) in [7, 11) is 1.59. The normalized spacial score (nSPS) is 14.4. The van der Waals surface area contributed by atoms with Gasteiger partial charge in [-0.1, -0.05) is 28.7 Å². The van der Waals surface area contributed by atoms with E-state index in [-0.39, 0.29) is 23.0 Å². The topological polar surface area (TPSA) is 132 Å². The minimum Gasteiger partial charge on any atom is -0.481 e. The Hall–Kier alpha value is -4.04. The highest BCUT2D eigenvalue weighted by Crippen LogP contribution is 2.48. The monoisotopic (exact) mass is 512 g/mol. The van der Waals surface area contributed by atoms with Crippen LogP contribution in [0.1, 0.15) is 49.1 Å². The molecular formula is C24H22ClFN6O4. The van der Waals surface area contributed by atoms with Crippen LogP contribution in [0, 0.1) is 30.0 Å². The summed E-state index contributed by atoms with van der Waals surface area (Å²) in [6.45, 7) is 3.32. The zero-order valence-electron chi connectivity index (χ0n) is 19.7. The molecule has 0 bridgehead atoms. The van der Waals surface area contributed by atoms with Crippen molar-refractivity contribution in [1.29, 1.82) is 0 Å². The van der Waals surface area contributed by atoms with Gasteiger partial charge in [0, 0.05) is 23.6 Å². The molecule has 3 aromatic rings. The lowest BCUT2D eigenvalue weighted by Gasteiger charge is -2.15. The lowest BCUT2D eigenvalue weighted by Crippen LogP contribution is -2.19. The van der Waals surface area contributed by atoms with Crippen molar-refractivity contribution in [2.24, 2.45) is 12.5 Å². The van der Waals surface area contributed by atoms with Crippen molar-refractivity contribution >= 4 is 29.5 Å². The Morgan fingerprint density at radius 1 is 1.39 bits per heavy atom. The molecule has 1 aliphatic carbocycles. The number of hydrogen-bond donors (Lipinski definition) is 2. The molecule has 0 aromatic carbocycles. The summed E-state index contributed by atoms with van der Waals surface area (Å²) < 4.78 is 20.2. The van der Waals surface area contributed by atoms with Crippen LogP contribution >= 0.6 is 11.6 Å². The molecule has 0 radical (unpaired) electrons. The number of carbonyl (C=O) groups is 2. The lowest BCUT2D eigenvalue weighted by molar-refractivity contribution is -0.137. The van der Waals surface area contributed by atoms with Crippen molar-refractivity contribution in [3.63, 3.8) is 0 Å². The number of aryl methyl sites for hydroxylation is 2. The highest BCUT2D eigenvalue weighted by molar-refractivity contribution is 6.30. The van der Waals surface area contributed by atoms with Crippen molar-refractivity contribution < 1.29 is 23.8 Å². The molecule has 4 rings (SSSR count). The fraction of sp³-hybridized carbons (Fsp3) is 0.333. The fourth-order valence-corrected chi connectivity index (χ4v) is 3.81. The van der Waals surface area contributed by atoms with Crippen molar-refractivity contribution in [3.05, 3.63) is 52.2 Å². The summed E-state index contributed by atoms with van der Waals surface area (Å²) >= 11 is 5.99. The van der Waals surface area contributed by atoms with Gasteiger partial charge >= 0.3 is 12.1 Å². The SMILES string of the molecule is Cc1nc(-c2nnn(C)c2NC(=O)OC(C)c2cc(F)cnc2Cl)ccc1C#CC1(CC(=O)O)CC1. The van der Waals surface area contributed by atoms with E-state index >= 15 is 0 Å². The van der Waals surface area contributed by atoms with E-state index in [0.29, 0.717) is 22.6 Å². The summed E-state index contributed by atoms with van der Waals surface area (Å²) in [4.78, 5) is 31.9. The Morgan fingerprint density at radius 3 is 2.81 bits per heavy atom. The van der Waals surface area contributed by atoms with Crippen LogP contribution < -0.4 is 5.32 Å². The Kier molecular flexibility index (Phi) is 6.90. The summed E-state index contributed by atoms with van der Waals surface area (Å²) in [6, 6.07) is 4.60. The van der Waals surface area contributed by atoms with Crippen LogP contribution in [0.5, 0.6) is 0 Å². The summed E-state index contributed by atoms with van der Waals surface area (Å²) in [5.74, 6) is 4.90. The maximum absolute atomic E-state index is 13.5. The fourth-order valence-electron chi connectivity index (χ4n) is 3.55. The standard InChI is InChI=1S/C24H22ClFN6O4/c1-13-15(6-7-24(8-9-24)11-19(33)34)4-5-18(28-13)20-22(32(3)31-30-20)29-23(35)36-14(2)17-10-16(26)12-27-21(17)25/h4-5,10,12,14H,8-9,11H2,1-3H3,(H,29,35)(H,33,34). The van der Waals surface area contributed by atoms with Gasteiger partial charge in [0.2, 0.25) is 0 Å². The van der Waals surface area contributed by atoms with Gasteiger partial charge in [-0.3, -0.25) is 10.1 Å². The molecule has 1 unspecified atom stereocenters. The first-order valence-corrected chi connectivity index (χ1v) is 11.4. The van der Waals surface area contributed by atoms with Crippen LogP contribution in [0.15, 0.2) is 24.4 Å². The Labute approximate surface area is 210 Å². The van der Waals surface area contributed by atoms with Gasteiger partial charge in [-0.2, -0.15) is 0 Å². The van der Waals surface area contributed by atoms with Crippen LogP contribution in [-0.4, -0.2) is 42.1 Å². The molecule has 3 heterocycles. The van der Waals surface area contributed by atoms with Crippen molar-refractivity contribution in [2.75, 3.05) is 5.32 Å². The highest BCUT2D eigenvalue weighted by atomic mass is 35.5. The van der Waals surface area contributed by atoms with Crippen LogP contribution in [0.3, 0.4) is 0 Å². The number of nitrogens with one attached hydrogen (secondary N) is 1. The molecule has 0 aliphatic heterocycles. The number of halogens is 2. The minimum absolute atomic E-state index is 0.0237. The predicted molar refractivity (Wildman–Crippen MR) is 127 cm³/mol. The van der Waals surface area contributed by atoms with E-state index in [1.807, 2.05) is 0 Å². The highest BCUT2D eigenvalue weighted by Gasteiger charge is 2.43. The van der Waals surface area contributed by atoms with Crippen LogP contribution in [0.4, 0.5) is 15.0 Å². The number of carboxylic acid groups (broad SMARTS) is 1. The number of pyridine rings is 2. The van der Waals surface area contributed by atoms with E-state index in [0.717, 1.165) is 25.1 Å². The van der Waals surface area contributed by atoms with Crippen LogP contribution in [0.2, 0.25) is 5.15 Å². The van der Waals surface area contributed by atoms with Gasteiger partial charge in [0.15, 0.2) is 11.5 Å². The second kappa shape index (κ2) is 9.91. The van der Waals surface area contributed by atoms with Crippen molar-refractivity contribution in [3.8, 4) is 23.2 Å². The Bertz CT molecular complexity index is 1410. The maximum atomic E-state index is 13.5. The van der Waals surface area contributed by atoms with E-state index in [4.69, 9.17) is 21.4 Å². The summed E-state index contributed by atoms with van der Waals surface area (Å²) in [6.07, 6.45) is 0.819. The van der Waals surface area contributed by atoms with E-state index in [2.05, 4.69) is 37.4 Å². The number of carbonyl (C=O) groups excluding carboxylic acids is 1. The molecule has 0 saturated heterocycles. The Balaban J connectivity index is 1.50. The van der Waals surface area contributed by atoms with Gasteiger partial charge in [-0.05, 0) is 44.9 Å². The smallest absolute Gasteiger partial charge is 0.413 e. The number of ether oxygens (including phenoxy) is 1. The quantitative estimate of drug-likeness (QED) is 0.369. The van der Waals surface area contributed by atoms with Gasteiger partial charge in [-0.15, -0.1) is 5.10 Å². The number of anilines is 1. The molecule has 36 heavy (non-hydrogen) atoms. The summed E-state index contributed by atoms with van der Waals surface area (Å²) in [5, 5.41) is 19.7. The van der Waals surface area contributed by atoms with Crippen molar-refractivity contribution in [2.45, 2.75) is 39.2 Å². The lowest BCUT2D eigenvalue weighted by atomic mass is 10.0. The Morgan fingerprint density at radius 2 is 2.14 bits per heavy atom. The number of carboxylic acids is 1. The molecule has 2 N–H and O–H groups in total. The largest absolute Gasteiger partial charge is 0.481 e. The molecule has 0 spiro atoms. The van der Waals surface area contributed by atoms with Gasteiger partial charge in [0.1, 0.15) is 17.1 Å². The molecule has 1 aliphatic rings. The van der Waals surface area contributed by atoms with Gasteiger partial charge in [0.25, 0.3) is 0 Å². The average Bonchev–Trinajstić information content (AvgIpc) is 3.48. The molecule has 12 heteroatoms. The zero-order chi connectivity index (χ0) is 26.0. The van der Waals surface area contributed by atoms with Crippen LogP contribution in [0.25, 0.3) is 11.4 Å². The van der Waals surface area contributed by atoms with Gasteiger partial charge < -0.3 is 9.84 Å². The number of nitrogens with zero attached hydrogens (tertiary/aromatic N) is 5. The second-order valence-electron chi connectivity index (χ2n) is 8.55. The van der Waals surface area contributed by atoms with Gasteiger partial charge in [0.05, 0.1) is 24.0 Å². The molecule has 186 valence electrons. The number of aliphatic carboxylic acids is 1. The molecule has 1 fully saturated rings. The maximum Gasteiger partial charge on any atom is 0.413 e. The number of aromatic nitrogens is 5. The van der Waals surface area contributed by atoms with E-state index in [1.54, 1.807) is 26.1 Å². The average molecular weight is 513 g/mol. The molecule has 1 saturated carbocycles. The molecule has 1 atom stereocenters. The number of amides is 1. The first-order chi connectivity index (χ1) is 17.1. The third kappa shape index (κ3) is 5.60. The third-order valence-electron chi connectivity index (χ3n) is 5.74. The molecule has 10 nitrogen and oxygen atoms in total. The first-order valence-electron chi connectivity index (χ1n) is 11.0. The third-order valence-corrected chi connectivity index (χ3v) is 6.05. The molecular weight excluding hydrogens is 491 g/mol. The number of rotatable bonds is 6. The molecule has 3 aromatic heterocycles. The minimum atomic E-state index is -0.876. The van der Waals surface area contributed by atoms with E-state index in [1.165, 1.54) is 11.6 Å². The van der Waals surface area contributed by atoms with Gasteiger partial charge in [-0.25, -0.2) is 23.8 Å². The first kappa shape index (κ1) is 25.1. The number of hydrogen-bond acceptors (Lipinski definition) is 7. The summed E-state index contributed by atoms with van der Waals surface area (Å²) in [5.41, 5.74) is 1.80. The van der Waals surface area contributed by atoms with E-state index < -0.39 is 29.4 Å². The van der Waals surface area contributed by atoms with Crippen LogP contribution in [-0.2, 0) is 16.6 Å². The van der Waals surface area contributed by atoms with Crippen molar-refractivity contribution in [1.82, 2.24) is 25.0 Å². The zero-order valence-corrected chi connectivity index (χ0v) is 20.4. The molecule has 1 amide bonds. The predicted octanol–water partition coefficient (Wildman–Crippen LogP) is 4.29. The second-order valence-corrected chi connectivity index (χ2v) is 8.90.